The first-order chi connectivity index (χ1) is 24.4. The highest BCUT2D eigenvalue weighted by Crippen LogP contribution is 2.57. The summed E-state index contributed by atoms with van der Waals surface area (Å²) in [5.41, 5.74) is 20.3. The molecule has 0 aliphatic heterocycles. The number of rotatable bonds is 5. The van der Waals surface area contributed by atoms with Crippen LogP contribution in [0.15, 0.2) is 77.9 Å². The molecule has 0 saturated heterocycles. The van der Waals surface area contributed by atoms with Crippen LogP contribution in [-0.4, -0.2) is 15.2 Å². The number of methoxy groups -OCH3 is 1. The van der Waals surface area contributed by atoms with E-state index in [4.69, 9.17) is 4.74 Å². The molecule has 0 heterocycles. The second-order valence-electron chi connectivity index (χ2n) is 21.0. The van der Waals surface area contributed by atoms with Crippen LogP contribution >= 0.6 is 0 Å². The molecule has 0 amide bonds. The van der Waals surface area contributed by atoms with E-state index >= 15 is 0 Å². The second kappa shape index (κ2) is 13.0. The Hall–Kier alpha value is -3.62. The Morgan fingerprint density at radius 2 is 1.04 bits per heavy atom. The molecule has 0 radical (unpaired) electrons. The van der Waals surface area contributed by atoms with Crippen molar-refractivity contribution in [1.82, 2.24) is 0 Å². The molecule has 0 bridgehead atoms. The lowest BCUT2D eigenvalue weighted by atomic mass is 9.77. The predicted molar refractivity (Wildman–Crippen MR) is 235 cm³/mol. The third-order valence-electron chi connectivity index (χ3n) is 12.3. The smallest absolute Gasteiger partial charge is 0.131 e. The Balaban J connectivity index is 1.55. The minimum atomic E-state index is -2.12. The summed E-state index contributed by atoms with van der Waals surface area (Å²) < 4.78 is 6.51. The van der Waals surface area contributed by atoms with Crippen LogP contribution in [0.4, 0.5) is 0 Å². The molecule has 0 spiro atoms. The lowest BCUT2D eigenvalue weighted by Crippen LogP contribution is -2.42. The quantitative estimate of drug-likeness (QED) is 0.186. The number of hydrogen-bond acceptors (Lipinski definition) is 1. The first-order valence-electron chi connectivity index (χ1n) is 19.9. The molecule has 0 saturated carbocycles. The Morgan fingerprint density at radius 3 is 1.53 bits per heavy atom. The normalized spacial score (nSPS) is 17.8. The molecule has 4 aromatic carbocycles. The largest absolute Gasteiger partial charge is 0.496 e. The summed E-state index contributed by atoms with van der Waals surface area (Å²) in [5.74, 6) is 1.02. The fourth-order valence-electron chi connectivity index (χ4n) is 9.44. The molecule has 2 aliphatic rings. The van der Waals surface area contributed by atoms with Crippen molar-refractivity contribution in [2.45, 2.75) is 143 Å². The molecule has 2 aliphatic carbocycles. The third-order valence-corrected chi connectivity index (χ3v) is 16.8. The van der Waals surface area contributed by atoms with Gasteiger partial charge in [0, 0.05) is 22.2 Å². The molecule has 53 heavy (non-hydrogen) atoms. The van der Waals surface area contributed by atoms with Gasteiger partial charge in [0.25, 0.3) is 0 Å². The van der Waals surface area contributed by atoms with E-state index in [-0.39, 0.29) is 21.7 Å². The van der Waals surface area contributed by atoms with Gasteiger partial charge in [-0.3, -0.25) is 0 Å². The molecule has 2 atom stereocenters. The lowest BCUT2D eigenvalue weighted by Gasteiger charge is -2.40. The molecule has 1 nitrogen and oxygen atoms in total. The predicted octanol–water partition coefficient (Wildman–Crippen LogP) is 14.7. The Morgan fingerprint density at radius 1 is 0.528 bits per heavy atom. The van der Waals surface area contributed by atoms with Gasteiger partial charge in [-0.1, -0.05) is 186 Å². The second-order valence-corrected chi connectivity index (χ2v) is 25.8. The van der Waals surface area contributed by atoms with Crippen molar-refractivity contribution < 1.29 is 4.74 Å². The van der Waals surface area contributed by atoms with Crippen molar-refractivity contribution in [2.24, 2.45) is 0 Å². The first kappa shape index (κ1) is 39.1. The Labute approximate surface area is 324 Å². The van der Waals surface area contributed by atoms with Gasteiger partial charge in [0.1, 0.15) is 5.75 Å². The summed E-state index contributed by atoms with van der Waals surface area (Å²) in [5, 5.41) is 0. The SMILES string of the molecule is COc1c(C(C)(C)C)cc2c(c1-c1cc(C(C)(C)C)cc(C(C)(C)C)c1)C=C(C)C2[Si](C)(C)C1C(C)=Cc2c(-c3ccc(C(C)(C)C)cc3)cccc21. The Bertz CT molecular complexity index is 2090. The maximum Gasteiger partial charge on any atom is 0.131 e. The molecule has 4 aromatic rings. The fourth-order valence-corrected chi connectivity index (χ4v) is 14.4. The van der Waals surface area contributed by atoms with Gasteiger partial charge in [0.2, 0.25) is 0 Å². The molecule has 2 unspecified atom stereocenters. The Kier molecular flexibility index (Phi) is 9.59. The minimum absolute atomic E-state index is 0.0183. The van der Waals surface area contributed by atoms with Crippen molar-refractivity contribution in [2.75, 3.05) is 7.11 Å². The summed E-state index contributed by atoms with van der Waals surface area (Å²) in [6.07, 6.45) is 5.05. The maximum absolute atomic E-state index is 6.51. The average molecular weight is 723 g/mol. The molecule has 0 N–H and O–H groups in total. The lowest BCUT2D eigenvalue weighted by molar-refractivity contribution is 0.399. The highest BCUT2D eigenvalue weighted by molar-refractivity contribution is 6.81. The number of fused-ring (bicyclic) bond motifs is 2. The molecule has 6 rings (SSSR count). The van der Waals surface area contributed by atoms with Crippen molar-refractivity contribution in [3.63, 3.8) is 0 Å². The summed E-state index contributed by atoms with van der Waals surface area (Å²) in [7, 11) is -0.243. The van der Waals surface area contributed by atoms with Crippen LogP contribution in [0, 0.1) is 0 Å². The monoisotopic (exact) mass is 722 g/mol. The van der Waals surface area contributed by atoms with Gasteiger partial charge >= 0.3 is 0 Å². The summed E-state index contributed by atoms with van der Waals surface area (Å²) >= 11 is 0. The molecular formula is C51H66OSi. The summed E-state index contributed by atoms with van der Waals surface area (Å²) in [4.78, 5) is 0. The highest BCUT2D eigenvalue weighted by Gasteiger charge is 2.48. The van der Waals surface area contributed by atoms with E-state index in [1.165, 1.54) is 77.9 Å². The highest BCUT2D eigenvalue weighted by atomic mass is 28.3. The van der Waals surface area contributed by atoms with E-state index in [0.717, 1.165) is 5.75 Å². The van der Waals surface area contributed by atoms with E-state index in [0.29, 0.717) is 11.1 Å². The van der Waals surface area contributed by atoms with Crippen LogP contribution in [-0.2, 0) is 21.7 Å². The van der Waals surface area contributed by atoms with Crippen LogP contribution in [0.25, 0.3) is 34.4 Å². The number of allylic oxidation sites excluding steroid dienone is 2. The minimum Gasteiger partial charge on any atom is -0.496 e. The van der Waals surface area contributed by atoms with E-state index in [1.807, 2.05) is 7.11 Å². The van der Waals surface area contributed by atoms with Crippen LogP contribution in [0.3, 0.4) is 0 Å². The van der Waals surface area contributed by atoms with Crippen LogP contribution in [0.2, 0.25) is 13.1 Å². The van der Waals surface area contributed by atoms with Crippen LogP contribution in [0.5, 0.6) is 5.75 Å². The standard InChI is InChI=1S/C51H66OSi/c1-31-25-40-38(33-21-23-35(24-22-33)48(3,4)5)19-18-20-39(40)46(31)53(16,17)47-32(2)26-41-42(47)30-43(51(12,13)14)45(52-15)44(41)34-27-36(49(6,7)8)29-37(28-34)50(9,10)11/h18-30,46-47H,1-17H3. The van der Waals surface area contributed by atoms with Gasteiger partial charge in [0.15, 0.2) is 0 Å². The molecular weight excluding hydrogens is 657 g/mol. The number of benzene rings is 4. The van der Waals surface area contributed by atoms with Crippen molar-refractivity contribution in [3.05, 3.63) is 122 Å². The zero-order valence-electron chi connectivity index (χ0n) is 36.1. The van der Waals surface area contributed by atoms with Crippen molar-refractivity contribution >= 4 is 20.2 Å². The molecule has 0 fully saturated rings. The zero-order valence-corrected chi connectivity index (χ0v) is 37.1. The van der Waals surface area contributed by atoms with Gasteiger partial charge in [0.05, 0.1) is 15.2 Å². The fraction of sp³-hybridized carbons (Fsp3) is 0.451. The zero-order chi connectivity index (χ0) is 39.2. The van der Waals surface area contributed by atoms with Crippen LogP contribution in [0.1, 0.15) is 153 Å². The van der Waals surface area contributed by atoms with Gasteiger partial charge < -0.3 is 4.74 Å². The number of hydrogen-bond donors (Lipinski definition) is 0. The number of ether oxygens (including phenoxy) is 1. The topological polar surface area (TPSA) is 9.23 Å². The van der Waals surface area contributed by atoms with E-state index in [9.17, 15) is 0 Å². The first-order valence-corrected chi connectivity index (χ1v) is 23.0. The van der Waals surface area contributed by atoms with Crippen LogP contribution < -0.4 is 4.74 Å². The molecule has 280 valence electrons. The van der Waals surface area contributed by atoms with Gasteiger partial charge in [-0.15, -0.1) is 0 Å². The maximum atomic E-state index is 6.51. The van der Waals surface area contributed by atoms with Gasteiger partial charge in [-0.2, -0.15) is 0 Å². The van der Waals surface area contributed by atoms with E-state index < -0.39 is 8.07 Å². The van der Waals surface area contributed by atoms with Crippen molar-refractivity contribution in [1.29, 1.82) is 0 Å². The van der Waals surface area contributed by atoms with Crippen molar-refractivity contribution in [3.8, 4) is 28.0 Å². The molecule has 0 aromatic heterocycles. The third kappa shape index (κ3) is 6.95. The summed E-state index contributed by atoms with van der Waals surface area (Å²) in [6.45, 7) is 38.0. The van der Waals surface area contributed by atoms with E-state index in [2.05, 4.69) is 189 Å². The van der Waals surface area contributed by atoms with Gasteiger partial charge in [-0.25, -0.2) is 0 Å². The summed E-state index contributed by atoms with van der Waals surface area (Å²) in [6, 6.07) is 26.2. The van der Waals surface area contributed by atoms with Gasteiger partial charge in [-0.05, 0) is 91.1 Å². The molecule has 2 heteroatoms. The van der Waals surface area contributed by atoms with E-state index in [1.54, 1.807) is 0 Å². The average Bonchev–Trinajstić information content (AvgIpc) is 3.57.